The van der Waals surface area contributed by atoms with Gasteiger partial charge in [0.05, 0.1) is 45.7 Å². The van der Waals surface area contributed by atoms with Crippen molar-refractivity contribution in [1.29, 1.82) is 0 Å². The highest BCUT2D eigenvalue weighted by atomic mass is 16.5. The van der Waals surface area contributed by atoms with Gasteiger partial charge in [0, 0.05) is 19.5 Å². The molecule has 51 heavy (non-hydrogen) atoms. The van der Waals surface area contributed by atoms with Crippen LogP contribution in [0.3, 0.4) is 0 Å². The lowest BCUT2D eigenvalue weighted by molar-refractivity contribution is -0.139. The number of carbonyl (C=O) groups excluding carboxylic acids is 4. The molecule has 4 atom stereocenters. The van der Waals surface area contributed by atoms with Gasteiger partial charge in [0.1, 0.15) is 18.1 Å². The van der Waals surface area contributed by atoms with Crippen molar-refractivity contribution in [2.75, 3.05) is 59.3 Å². The van der Waals surface area contributed by atoms with Crippen LogP contribution in [-0.2, 0) is 46.2 Å². The van der Waals surface area contributed by atoms with Crippen molar-refractivity contribution < 1.29 is 33.4 Å². The third-order valence-corrected chi connectivity index (χ3v) is 8.52. The maximum atomic E-state index is 14.0. The zero-order valence-electron chi connectivity index (χ0n) is 30.2. The Labute approximate surface area is 302 Å². The molecule has 0 saturated carbocycles. The Morgan fingerprint density at radius 1 is 0.667 bits per heavy atom. The number of ether oxygens (including phenoxy) is 3. The van der Waals surface area contributed by atoms with Gasteiger partial charge in [-0.15, -0.1) is 0 Å². The molecule has 2 aromatic rings. The van der Waals surface area contributed by atoms with E-state index in [1.165, 1.54) is 0 Å². The summed E-state index contributed by atoms with van der Waals surface area (Å²) in [6.45, 7) is 7.31. The summed E-state index contributed by atoms with van der Waals surface area (Å²) in [5.41, 5.74) is 13.8. The highest BCUT2D eigenvalue weighted by Crippen LogP contribution is 2.12. The number of carbonyl (C=O) groups is 4. The van der Waals surface area contributed by atoms with Gasteiger partial charge in [0.2, 0.25) is 23.6 Å². The molecule has 0 aromatic heterocycles. The second kappa shape index (κ2) is 23.6. The lowest BCUT2D eigenvalue weighted by atomic mass is 9.99. The van der Waals surface area contributed by atoms with Gasteiger partial charge in [0.25, 0.3) is 0 Å². The van der Waals surface area contributed by atoms with Gasteiger partial charge in [-0.25, -0.2) is 0 Å². The second-order valence-corrected chi connectivity index (χ2v) is 13.2. The van der Waals surface area contributed by atoms with Crippen LogP contribution < -0.4 is 27.4 Å². The Balaban J connectivity index is 1.77. The van der Waals surface area contributed by atoms with Crippen molar-refractivity contribution in [1.82, 2.24) is 20.9 Å². The molecule has 7 N–H and O–H groups in total. The van der Waals surface area contributed by atoms with Gasteiger partial charge in [-0.2, -0.15) is 0 Å². The molecule has 1 aliphatic rings. The number of nitrogens with one attached hydrogen (secondary N) is 3. The van der Waals surface area contributed by atoms with Crippen LogP contribution in [-0.4, -0.2) is 112 Å². The summed E-state index contributed by atoms with van der Waals surface area (Å²) in [6, 6.07) is 15.0. The average Bonchev–Trinajstić information content (AvgIpc) is 3.11. The fourth-order valence-corrected chi connectivity index (χ4v) is 5.74. The highest BCUT2D eigenvalue weighted by molar-refractivity contribution is 5.95. The monoisotopic (exact) mass is 710 g/mol. The molecule has 2 aromatic carbocycles. The molecule has 3 rings (SSSR count). The van der Waals surface area contributed by atoms with Gasteiger partial charge in [-0.05, 0) is 55.7 Å². The summed E-state index contributed by atoms with van der Waals surface area (Å²) in [6.07, 6.45) is 2.49. The van der Waals surface area contributed by atoms with Gasteiger partial charge >= 0.3 is 0 Å². The van der Waals surface area contributed by atoms with Crippen LogP contribution in [0.25, 0.3) is 0 Å². The predicted molar refractivity (Wildman–Crippen MR) is 195 cm³/mol. The maximum Gasteiger partial charge on any atom is 0.245 e. The quantitative estimate of drug-likeness (QED) is 0.151. The van der Waals surface area contributed by atoms with Crippen LogP contribution in [0, 0.1) is 5.92 Å². The van der Waals surface area contributed by atoms with Crippen LogP contribution in [0.15, 0.2) is 60.7 Å². The Morgan fingerprint density at radius 2 is 1.16 bits per heavy atom. The van der Waals surface area contributed by atoms with Gasteiger partial charge in [0.15, 0.2) is 0 Å². The Morgan fingerprint density at radius 3 is 1.71 bits per heavy atom. The smallest absolute Gasteiger partial charge is 0.245 e. The van der Waals surface area contributed by atoms with Crippen molar-refractivity contribution in [3.05, 3.63) is 71.8 Å². The number of hydrogen-bond acceptors (Lipinski definition) is 9. The number of unbranched alkanes of at least 4 members (excludes halogenated alkanes) is 1. The minimum atomic E-state index is -1.00. The third-order valence-electron chi connectivity index (χ3n) is 8.52. The van der Waals surface area contributed by atoms with Crippen LogP contribution in [0.4, 0.5) is 0 Å². The zero-order valence-corrected chi connectivity index (χ0v) is 30.2. The molecule has 0 spiro atoms. The Hall–Kier alpha value is -3.88. The van der Waals surface area contributed by atoms with E-state index in [1.54, 1.807) is 4.90 Å². The normalized spacial score (nSPS) is 16.8. The minimum absolute atomic E-state index is 0.0298. The predicted octanol–water partition coefficient (Wildman–Crippen LogP) is 1.32. The first-order valence-electron chi connectivity index (χ1n) is 18.1. The SMILES string of the molecule is CC(C)C[C@@H](NC(=O)[C@@H](Cc1ccccc1)NC(=O)[C@H](N)Cc1ccccc1)C(=O)N[C@H](CCCCN)C(=O)N1CCOCCOCCOCC1. The van der Waals surface area contributed by atoms with Crippen LogP contribution in [0.2, 0.25) is 0 Å². The number of hydrogen-bond donors (Lipinski definition) is 5. The minimum Gasteiger partial charge on any atom is -0.377 e. The second-order valence-electron chi connectivity index (χ2n) is 13.2. The molecule has 0 radical (unpaired) electrons. The van der Waals surface area contributed by atoms with Crippen LogP contribution >= 0.6 is 0 Å². The summed E-state index contributed by atoms with van der Waals surface area (Å²) in [5.74, 6) is -1.70. The van der Waals surface area contributed by atoms with Crippen LogP contribution in [0.1, 0.15) is 50.7 Å². The van der Waals surface area contributed by atoms with Crippen molar-refractivity contribution in [2.24, 2.45) is 17.4 Å². The standard InChI is InChI=1S/C38H58N6O7/c1-28(2)25-33(36(46)41-32(15-9-10-16-39)38(48)44-17-19-49-21-23-51-24-22-50-20-18-44)43-37(47)34(27-30-13-7-4-8-14-30)42-35(45)31(40)26-29-11-5-3-6-12-29/h3-8,11-14,28,31-34H,9-10,15-27,39-40H2,1-2H3,(H,41,46)(H,42,45)(H,43,47)/t31-,32-,33-,34-/m1/s1. The van der Waals surface area contributed by atoms with Crippen molar-refractivity contribution in [3.63, 3.8) is 0 Å². The number of benzene rings is 2. The number of amides is 4. The lowest BCUT2D eigenvalue weighted by Crippen LogP contribution is -2.59. The molecule has 13 nitrogen and oxygen atoms in total. The first kappa shape index (κ1) is 41.5. The summed E-state index contributed by atoms with van der Waals surface area (Å²) >= 11 is 0. The van der Waals surface area contributed by atoms with E-state index in [9.17, 15) is 19.2 Å². The molecule has 1 aliphatic heterocycles. The summed E-state index contributed by atoms with van der Waals surface area (Å²) in [7, 11) is 0. The van der Waals surface area contributed by atoms with Gasteiger partial charge < -0.3 is 46.5 Å². The first-order chi connectivity index (χ1) is 24.7. The third kappa shape index (κ3) is 15.9. The highest BCUT2D eigenvalue weighted by Gasteiger charge is 2.32. The molecular formula is C38H58N6O7. The largest absolute Gasteiger partial charge is 0.377 e. The number of nitrogens with two attached hydrogens (primary N) is 2. The molecule has 0 aliphatic carbocycles. The van der Waals surface area contributed by atoms with E-state index in [-0.39, 0.29) is 18.2 Å². The molecule has 4 amide bonds. The molecule has 1 fully saturated rings. The van der Waals surface area contributed by atoms with Crippen molar-refractivity contribution in [3.8, 4) is 0 Å². The van der Waals surface area contributed by atoms with E-state index in [0.717, 1.165) is 11.1 Å². The fourth-order valence-electron chi connectivity index (χ4n) is 5.74. The van der Waals surface area contributed by atoms with E-state index in [1.807, 2.05) is 74.5 Å². The van der Waals surface area contributed by atoms with E-state index in [4.69, 9.17) is 25.7 Å². The number of rotatable bonds is 17. The first-order valence-corrected chi connectivity index (χ1v) is 18.1. The topological polar surface area (TPSA) is 187 Å². The van der Waals surface area contributed by atoms with Crippen molar-refractivity contribution in [2.45, 2.75) is 76.5 Å². The fraction of sp³-hybridized carbons (Fsp3) is 0.579. The summed E-state index contributed by atoms with van der Waals surface area (Å²) in [4.78, 5) is 56.8. The Bertz CT molecular complexity index is 1300. The maximum absolute atomic E-state index is 14.0. The molecule has 0 bridgehead atoms. The lowest BCUT2D eigenvalue weighted by Gasteiger charge is -2.30. The van der Waals surface area contributed by atoms with Crippen LogP contribution in [0.5, 0.6) is 0 Å². The summed E-state index contributed by atoms with van der Waals surface area (Å²) in [5, 5.41) is 8.68. The zero-order chi connectivity index (χ0) is 36.8. The molecular weight excluding hydrogens is 652 g/mol. The van der Waals surface area contributed by atoms with E-state index >= 15 is 0 Å². The molecule has 1 saturated heterocycles. The molecule has 0 unspecified atom stereocenters. The van der Waals surface area contributed by atoms with E-state index in [2.05, 4.69) is 16.0 Å². The molecule has 1 heterocycles. The van der Waals surface area contributed by atoms with Gasteiger partial charge in [-0.3, -0.25) is 19.2 Å². The van der Waals surface area contributed by atoms with Gasteiger partial charge in [-0.1, -0.05) is 74.5 Å². The molecule has 282 valence electrons. The average molecular weight is 711 g/mol. The summed E-state index contributed by atoms with van der Waals surface area (Å²) < 4.78 is 16.8. The van der Waals surface area contributed by atoms with E-state index in [0.29, 0.717) is 91.4 Å². The number of nitrogens with zero attached hydrogens (tertiary/aromatic N) is 1. The Kier molecular flexibility index (Phi) is 19.2. The molecule has 13 heteroatoms. The van der Waals surface area contributed by atoms with Crippen molar-refractivity contribution >= 4 is 23.6 Å². The van der Waals surface area contributed by atoms with E-state index < -0.39 is 41.9 Å².